The molecule has 1 N–H and O–H groups in total. The molecule has 0 saturated heterocycles. The molecule has 4 nitrogen and oxygen atoms in total. The molecule has 1 aliphatic rings. The average molecular weight is 282 g/mol. The van der Waals surface area contributed by atoms with E-state index in [2.05, 4.69) is 39.3 Å². The Kier molecular flexibility index (Phi) is 4.13. The molecule has 0 spiro atoms. The monoisotopic (exact) mass is 282 g/mol. The number of nitrogens with one attached hydrogen (secondary N) is 1. The molecule has 1 fully saturated rings. The molecule has 2 aromatic heterocycles. The van der Waals surface area contributed by atoms with Crippen LogP contribution in [-0.4, -0.2) is 15.0 Å². The molecule has 1 atom stereocenters. The van der Waals surface area contributed by atoms with Crippen molar-refractivity contribution in [2.24, 2.45) is 0 Å². The highest BCUT2D eigenvalue weighted by Gasteiger charge is 2.19. The summed E-state index contributed by atoms with van der Waals surface area (Å²) >= 11 is 0. The summed E-state index contributed by atoms with van der Waals surface area (Å²) < 4.78 is 0. The number of pyridine rings is 1. The number of aryl methyl sites for hydroxylation is 1. The van der Waals surface area contributed by atoms with Gasteiger partial charge in [0.25, 0.3) is 0 Å². The molecule has 2 aromatic rings. The molecule has 0 aromatic carbocycles. The molecule has 1 aliphatic carbocycles. The maximum absolute atomic E-state index is 4.69. The van der Waals surface area contributed by atoms with E-state index in [-0.39, 0.29) is 6.04 Å². The summed E-state index contributed by atoms with van der Waals surface area (Å²) in [5.41, 5.74) is 3.36. The minimum absolute atomic E-state index is 0.101. The van der Waals surface area contributed by atoms with Gasteiger partial charge in [0.2, 0.25) is 5.95 Å². The fourth-order valence-electron chi connectivity index (χ4n) is 2.89. The Bertz CT molecular complexity index is 588. The lowest BCUT2D eigenvalue weighted by Crippen LogP contribution is -2.12. The van der Waals surface area contributed by atoms with Gasteiger partial charge in [0.05, 0.1) is 11.7 Å². The van der Waals surface area contributed by atoms with Gasteiger partial charge in [-0.05, 0) is 44.4 Å². The van der Waals surface area contributed by atoms with Crippen LogP contribution < -0.4 is 5.32 Å². The van der Waals surface area contributed by atoms with Crippen molar-refractivity contribution in [2.45, 2.75) is 51.5 Å². The molecule has 110 valence electrons. The molecule has 0 amide bonds. The van der Waals surface area contributed by atoms with Gasteiger partial charge in [-0.1, -0.05) is 18.9 Å². The van der Waals surface area contributed by atoms with E-state index in [1.807, 2.05) is 25.4 Å². The number of nitrogens with zero attached hydrogens (tertiary/aromatic N) is 3. The number of hydrogen-bond acceptors (Lipinski definition) is 4. The zero-order valence-electron chi connectivity index (χ0n) is 12.7. The Morgan fingerprint density at radius 2 is 1.95 bits per heavy atom. The van der Waals surface area contributed by atoms with E-state index in [0.29, 0.717) is 11.9 Å². The molecular weight excluding hydrogens is 260 g/mol. The Morgan fingerprint density at radius 1 is 1.14 bits per heavy atom. The van der Waals surface area contributed by atoms with Gasteiger partial charge in [0, 0.05) is 24.0 Å². The highest BCUT2D eigenvalue weighted by Crippen LogP contribution is 2.33. The maximum atomic E-state index is 4.69. The fraction of sp³-hybridized carbons (Fsp3) is 0.471. The van der Waals surface area contributed by atoms with Crippen molar-refractivity contribution in [1.29, 1.82) is 0 Å². The number of rotatable bonds is 4. The second kappa shape index (κ2) is 6.20. The second-order valence-corrected chi connectivity index (χ2v) is 5.91. The maximum Gasteiger partial charge on any atom is 0.223 e. The molecule has 0 aliphatic heterocycles. The molecule has 1 unspecified atom stereocenters. The Balaban J connectivity index is 1.72. The number of hydrogen-bond donors (Lipinski definition) is 1. The van der Waals surface area contributed by atoms with Crippen molar-refractivity contribution in [1.82, 2.24) is 15.0 Å². The van der Waals surface area contributed by atoms with Gasteiger partial charge >= 0.3 is 0 Å². The average Bonchev–Trinajstić information content (AvgIpc) is 3.02. The predicted octanol–water partition coefficient (Wildman–Crippen LogP) is 4.01. The topological polar surface area (TPSA) is 50.7 Å². The van der Waals surface area contributed by atoms with Crippen molar-refractivity contribution >= 4 is 5.95 Å². The quantitative estimate of drug-likeness (QED) is 0.920. The minimum atomic E-state index is 0.101. The van der Waals surface area contributed by atoms with Crippen LogP contribution in [0.25, 0.3) is 0 Å². The van der Waals surface area contributed by atoms with Gasteiger partial charge in [0.1, 0.15) is 0 Å². The lowest BCUT2D eigenvalue weighted by Gasteiger charge is -2.15. The SMILES string of the molecule is Cc1ccc(C(C)Nc2nccc(C3CCCC3)n2)nc1. The van der Waals surface area contributed by atoms with E-state index in [1.165, 1.54) is 36.9 Å². The van der Waals surface area contributed by atoms with E-state index in [0.717, 1.165) is 5.69 Å². The van der Waals surface area contributed by atoms with Gasteiger partial charge in [-0.25, -0.2) is 9.97 Å². The third-order valence-electron chi connectivity index (χ3n) is 4.17. The summed E-state index contributed by atoms with van der Waals surface area (Å²) in [6.07, 6.45) is 8.90. The summed E-state index contributed by atoms with van der Waals surface area (Å²) in [4.78, 5) is 13.5. The van der Waals surface area contributed by atoms with Crippen LogP contribution in [0.5, 0.6) is 0 Å². The first-order valence-corrected chi connectivity index (χ1v) is 7.74. The zero-order valence-corrected chi connectivity index (χ0v) is 12.7. The molecular formula is C17H22N4. The first-order chi connectivity index (χ1) is 10.2. The van der Waals surface area contributed by atoms with Crippen LogP contribution in [0.1, 0.15) is 61.5 Å². The van der Waals surface area contributed by atoms with Gasteiger partial charge in [-0.15, -0.1) is 0 Å². The van der Waals surface area contributed by atoms with E-state index in [1.54, 1.807) is 0 Å². The van der Waals surface area contributed by atoms with Crippen molar-refractivity contribution in [3.05, 3.63) is 47.5 Å². The highest BCUT2D eigenvalue weighted by molar-refractivity contribution is 5.31. The Labute approximate surface area is 126 Å². The van der Waals surface area contributed by atoms with Gasteiger partial charge < -0.3 is 5.32 Å². The molecule has 3 rings (SSSR count). The van der Waals surface area contributed by atoms with Gasteiger partial charge in [0.15, 0.2) is 0 Å². The lowest BCUT2D eigenvalue weighted by atomic mass is 10.0. The Morgan fingerprint density at radius 3 is 2.67 bits per heavy atom. The molecule has 2 heterocycles. The summed E-state index contributed by atoms with van der Waals surface area (Å²) in [5, 5.41) is 3.36. The zero-order chi connectivity index (χ0) is 14.7. The smallest absolute Gasteiger partial charge is 0.223 e. The van der Waals surface area contributed by atoms with E-state index >= 15 is 0 Å². The molecule has 4 heteroatoms. The van der Waals surface area contributed by atoms with E-state index in [4.69, 9.17) is 0 Å². The standard InChI is InChI=1S/C17H22N4/c1-12-7-8-15(19-11-12)13(2)20-17-18-10-9-16(21-17)14-5-3-4-6-14/h7-11,13-14H,3-6H2,1-2H3,(H,18,20,21). The normalized spacial score (nSPS) is 16.9. The summed E-state index contributed by atoms with van der Waals surface area (Å²) in [7, 11) is 0. The molecule has 0 bridgehead atoms. The fourth-order valence-corrected chi connectivity index (χ4v) is 2.89. The van der Waals surface area contributed by atoms with Crippen molar-refractivity contribution < 1.29 is 0 Å². The lowest BCUT2D eigenvalue weighted by molar-refractivity contribution is 0.692. The van der Waals surface area contributed by atoms with Crippen LogP contribution in [0.4, 0.5) is 5.95 Å². The highest BCUT2D eigenvalue weighted by atomic mass is 15.1. The first-order valence-electron chi connectivity index (χ1n) is 7.74. The third-order valence-corrected chi connectivity index (χ3v) is 4.17. The van der Waals surface area contributed by atoms with Crippen LogP contribution in [-0.2, 0) is 0 Å². The minimum Gasteiger partial charge on any atom is -0.346 e. The van der Waals surface area contributed by atoms with Crippen LogP contribution in [0.3, 0.4) is 0 Å². The predicted molar refractivity (Wildman–Crippen MR) is 84.3 cm³/mol. The first kappa shape index (κ1) is 14.0. The van der Waals surface area contributed by atoms with Crippen molar-refractivity contribution in [3.63, 3.8) is 0 Å². The molecule has 0 radical (unpaired) electrons. The molecule has 1 saturated carbocycles. The number of aromatic nitrogens is 3. The van der Waals surface area contributed by atoms with Crippen LogP contribution in [0.15, 0.2) is 30.6 Å². The second-order valence-electron chi connectivity index (χ2n) is 5.91. The van der Waals surface area contributed by atoms with Crippen LogP contribution >= 0.6 is 0 Å². The Hall–Kier alpha value is -1.97. The van der Waals surface area contributed by atoms with Gasteiger partial charge in [-0.2, -0.15) is 0 Å². The third kappa shape index (κ3) is 3.38. The number of anilines is 1. The summed E-state index contributed by atoms with van der Waals surface area (Å²) in [6, 6.07) is 6.28. The largest absolute Gasteiger partial charge is 0.346 e. The van der Waals surface area contributed by atoms with Crippen molar-refractivity contribution in [2.75, 3.05) is 5.32 Å². The van der Waals surface area contributed by atoms with Gasteiger partial charge in [-0.3, -0.25) is 4.98 Å². The van der Waals surface area contributed by atoms with Crippen molar-refractivity contribution in [3.8, 4) is 0 Å². The summed E-state index contributed by atoms with van der Waals surface area (Å²) in [5.74, 6) is 1.32. The van der Waals surface area contributed by atoms with E-state index in [9.17, 15) is 0 Å². The molecule has 21 heavy (non-hydrogen) atoms. The van der Waals surface area contributed by atoms with E-state index < -0.39 is 0 Å². The summed E-state index contributed by atoms with van der Waals surface area (Å²) in [6.45, 7) is 4.13. The van der Waals surface area contributed by atoms with Crippen LogP contribution in [0, 0.1) is 6.92 Å². The van der Waals surface area contributed by atoms with Crippen LogP contribution in [0.2, 0.25) is 0 Å².